The van der Waals surface area contributed by atoms with Crippen LogP contribution >= 0.6 is 31.9 Å². The van der Waals surface area contributed by atoms with Gasteiger partial charge in [-0.25, -0.2) is 8.78 Å². The Hall–Kier alpha value is -3.74. The van der Waals surface area contributed by atoms with E-state index in [-0.39, 0.29) is 17.4 Å². The van der Waals surface area contributed by atoms with E-state index in [2.05, 4.69) is 31.9 Å². The van der Waals surface area contributed by atoms with Gasteiger partial charge in [-0.05, 0) is 57.9 Å². The molecule has 39 heavy (non-hydrogen) atoms. The van der Waals surface area contributed by atoms with Crippen LogP contribution in [0.3, 0.4) is 0 Å². The summed E-state index contributed by atoms with van der Waals surface area (Å²) in [6.07, 6.45) is 0. The number of halogens is 4. The van der Waals surface area contributed by atoms with Gasteiger partial charge in [0.05, 0.1) is 7.11 Å². The summed E-state index contributed by atoms with van der Waals surface area (Å²) in [6.45, 7) is 0. The fourth-order valence-electron chi connectivity index (χ4n) is 4.63. The molecule has 0 heterocycles. The molecule has 0 spiro atoms. The molecule has 6 heteroatoms. The molecule has 0 aliphatic heterocycles. The molecule has 194 valence electrons. The van der Waals surface area contributed by atoms with Crippen molar-refractivity contribution in [3.63, 3.8) is 0 Å². The van der Waals surface area contributed by atoms with Crippen LogP contribution in [-0.2, 0) is 0 Å². The van der Waals surface area contributed by atoms with E-state index in [0.29, 0.717) is 26.9 Å². The predicted octanol–water partition coefficient (Wildman–Crippen LogP) is 10.5. The summed E-state index contributed by atoms with van der Waals surface area (Å²) in [5.74, 6) is 0.125. The van der Waals surface area contributed by atoms with Crippen LogP contribution in [0.1, 0.15) is 0 Å². The monoisotopic (exact) mass is 646 g/mol. The Bertz CT molecular complexity index is 1820. The summed E-state index contributed by atoms with van der Waals surface area (Å²) in [7, 11) is 1.60. The maximum absolute atomic E-state index is 14.3. The first-order chi connectivity index (χ1) is 18.9. The third kappa shape index (κ3) is 5.54. The van der Waals surface area contributed by atoms with Crippen molar-refractivity contribution >= 4 is 53.4 Å². The van der Waals surface area contributed by atoms with Crippen molar-refractivity contribution in [2.75, 3.05) is 7.11 Å². The Kier molecular flexibility index (Phi) is 7.96. The van der Waals surface area contributed by atoms with Gasteiger partial charge < -0.3 is 9.84 Å². The molecular formula is C33H22Br2F2O2. The van der Waals surface area contributed by atoms with Crippen molar-refractivity contribution in [3.8, 4) is 33.8 Å². The predicted molar refractivity (Wildman–Crippen MR) is 162 cm³/mol. The number of ether oxygens (including phenoxy) is 1. The van der Waals surface area contributed by atoms with Crippen LogP contribution in [-0.4, -0.2) is 12.2 Å². The fraction of sp³-hybridized carbons (Fsp3) is 0.0303. The molecule has 0 aliphatic carbocycles. The summed E-state index contributed by atoms with van der Waals surface area (Å²) < 4.78 is 35.2. The Labute approximate surface area is 241 Å². The second-order valence-electron chi connectivity index (χ2n) is 8.79. The zero-order valence-electron chi connectivity index (χ0n) is 20.8. The molecule has 0 aliphatic rings. The third-order valence-electron chi connectivity index (χ3n) is 6.42. The third-order valence-corrected chi connectivity index (χ3v) is 7.41. The van der Waals surface area contributed by atoms with E-state index in [9.17, 15) is 13.9 Å². The van der Waals surface area contributed by atoms with Gasteiger partial charge in [0.15, 0.2) is 0 Å². The highest BCUT2D eigenvalue weighted by Gasteiger charge is 2.15. The molecule has 0 saturated heterocycles. The molecule has 0 bridgehead atoms. The minimum absolute atomic E-state index is 0.0833. The lowest BCUT2D eigenvalue weighted by Crippen LogP contribution is -1.92. The van der Waals surface area contributed by atoms with E-state index in [1.807, 2.05) is 72.8 Å². The maximum Gasteiger partial charge on any atom is 0.132 e. The van der Waals surface area contributed by atoms with Crippen LogP contribution in [0.15, 0.2) is 118 Å². The summed E-state index contributed by atoms with van der Waals surface area (Å²) in [6, 6.07) is 32.7. The van der Waals surface area contributed by atoms with E-state index >= 15 is 0 Å². The second kappa shape index (κ2) is 11.6. The summed E-state index contributed by atoms with van der Waals surface area (Å²) in [5.41, 5.74) is 2.26. The molecule has 0 saturated carbocycles. The zero-order chi connectivity index (χ0) is 27.5. The molecule has 1 N–H and O–H groups in total. The van der Waals surface area contributed by atoms with Gasteiger partial charge in [-0.15, -0.1) is 0 Å². The van der Waals surface area contributed by atoms with Gasteiger partial charge >= 0.3 is 0 Å². The first kappa shape index (κ1) is 26.9. The van der Waals surface area contributed by atoms with Gasteiger partial charge in [0.25, 0.3) is 0 Å². The zero-order valence-corrected chi connectivity index (χ0v) is 23.9. The highest BCUT2D eigenvalue weighted by molar-refractivity contribution is 9.10. The van der Waals surface area contributed by atoms with E-state index in [1.54, 1.807) is 31.4 Å². The lowest BCUT2D eigenvalue weighted by molar-refractivity contribution is 0.416. The molecule has 0 aromatic heterocycles. The van der Waals surface area contributed by atoms with E-state index in [0.717, 1.165) is 31.6 Å². The molecule has 0 amide bonds. The van der Waals surface area contributed by atoms with Crippen molar-refractivity contribution < 1.29 is 18.6 Å². The van der Waals surface area contributed by atoms with Gasteiger partial charge in [0.1, 0.15) is 23.1 Å². The van der Waals surface area contributed by atoms with Crippen LogP contribution in [0.5, 0.6) is 11.5 Å². The smallest absolute Gasteiger partial charge is 0.132 e. The van der Waals surface area contributed by atoms with E-state index < -0.39 is 0 Å². The molecule has 6 aromatic rings. The molecular weight excluding hydrogens is 626 g/mol. The summed E-state index contributed by atoms with van der Waals surface area (Å²) in [5, 5.41) is 13.9. The number of aromatic hydroxyl groups is 1. The summed E-state index contributed by atoms with van der Waals surface area (Å²) >= 11 is 6.52. The van der Waals surface area contributed by atoms with E-state index in [4.69, 9.17) is 4.74 Å². The van der Waals surface area contributed by atoms with Gasteiger partial charge in [0, 0.05) is 31.2 Å². The molecule has 6 aromatic carbocycles. The largest absolute Gasteiger partial charge is 0.507 e. The SMILES string of the molecule is COc1ccc2ccccc2c1-c1ccc(Br)cc1F.Oc1ccc2ccccc2c1-c1ccc(Br)cc1F. The van der Waals surface area contributed by atoms with Crippen molar-refractivity contribution in [1.82, 2.24) is 0 Å². The quantitative estimate of drug-likeness (QED) is 0.207. The molecule has 2 nitrogen and oxygen atoms in total. The van der Waals surface area contributed by atoms with E-state index in [1.165, 1.54) is 12.1 Å². The number of phenols is 1. The molecule has 0 fully saturated rings. The normalized spacial score (nSPS) is 10.8. The van der Waals surface area contributed by atoms with Crippen LogP contribution in [0.4, 0.5) is 8.78 Å². The number of methoxy groups -OCH3 is 1. The van der Waals surface area contributed by atoms with Crippen molar-refractivity contribution in [1.29, 1.82) is 0 Å². The van der Waals surface area contributed by atoms with Crippen LogP contribution < -0.4 is 4.74 Å². The Balaban J connectivity index is 0.000000158. The molecule has 0 atom stereocenters. The Morgan fingerprint density at radius 3 is 1.62 bits per heavy atom. The van der Waals surface area contributed by atoms with Crippen molar-refractivity contribution in [2.45, 2.75) is 0 Å². The Morgan fingerprint density at radius 1 is 0.590 bits per heavy atom. The number of benzene rings is 6. The first-order valence-electron chi connectivity index (χ1n) is 12.0. The average molecular weight is 648 g/mol. The van der Waals surface area contributed by atoms with Gasteiger partial charge in [-0.3, -0.25) is 0 Å². The van der Waals surface area contributed by atoms with Crippen LogP contribution in [0, 0.1) is 11.6 Å². The first-order valence-corrected chi connectivity index (χ1v) is 13.6. The Morgan fingerprint density at radius 2 is 1.08 bits per heavy atom. The topological polar surface area (TPSA) is 29.5 Å². The number of hydrogen-bond acceptors (Lipinski definition) is 2. The fourth-order valence-corrected chi connectivity index (χ4v) is 5.29. The number of hydrogen-bond donors (Lipinski definition) is 1. The molecule has 6 rings (SSSR count). The van der Waals surface area contributed by atoms with Gasteiger partial charge in [-0.2, -0.15) is 0 Å². The van der Waals surface area contributed by atoms with Crippen LogP contribution in [0.25, 0.3) is 43.8 Å². The highest BCUT2D eigenvalue weighted by Crippen LogP contribution is 2.39. The maximum atomic E-state index is 14.3. The van der Waals surface area contributed by atoms with Gasteiger partial charge in [0.2, 0.25) is 0 Å². The van der Waals surface area contributed by atoms with Crippen molar-refractivity contribution in [3.05, 3.63) is 130 Å². The molecule has 0 radical (unpaired) electrons. The lowest BCUT2D eigenvalue weighted by atomic mass is 9.97. The lowest BCUT2D eigenvalue weighted by Gasteiger charge is -2.13. The summed E-state index contributed by atoms with van der Waals surface area (Å²) in [4.78, 5) is 0. The second-order valence-corrected chi connectivity index (χ2v) is 10.6. The minimum atomic E-state index is -0.360. The van der Waals surface area contributed by atoms with Gasteiger partial charge in [-0.1, -0.05) is 105 Å². The number of fused-ring (bicyclic) bond motifs is 2. The van der Waals surface area contributed by atoms with Crippen molar-refractivity contribution in [2.24, 2.45) is 0 Å². The minimum Gasteiger partial charge on any atom is -0.507 e. The van der Waals surface area contributed by atoms with Crippen LogP contribution in [0.2, 0.25) is 0 Å². The molecule has 0 unspecified atom stereocenters. The number of phenolic OH excluding ortho intramolecular Hbond substituents is 1. The standard InChI is InChI=1S/C17H12BrFO.C16H10BrFO/c1-20-16-9-6-11-4-2-3-5-13(11)17(16)14-8-7-12(18)10-15(14)19;17-11-6-7-13(14(18)9-11)16-12-4-2-1-3-10(12)5-8-15(16)19/h2-10H,1H3;1-9,19H. The highest BCUT2D eigenvalue weighted by atomic mass is 79.9. The average Bonchev–Trinajstić information content (AvgIpc) is 2.94. The number of rotatable bonds is 3.